The largest absolute Gasteiger partial charge is 0.396 e. The third-order valence-corrected chi connectivity index (χ3v) is 2.69. The van der Waals surface area contributed by atoms with Crippen molar-refractivity contribution in [3.63, 3.8) is 0 Å². The quantitative estimate of drug-likeness (QED) is 0.545. The molecule has 0 bridgehead atoms. The first-order valence-electron chi connectivity index (χ1n) is 3.77. The van der Waals surface area contributed by atoms with Crippen LogP contribution in [0.15, 0.2) is 0 Å². The predicted octanol–water partition coefficient (Wildman–Crippen LogP) is 3.43. The number of alkyl halides is 4. The van der Waals surface area contributed by atoms with Crippen LogP contribution in [0.1, 0.15) is 13.8 Å². The summed E-state index contributed by atoms with van der Waals surface area (Å²) >= 11 is 3.62. The Balaban J connectivity index is 3.52. The molecular weight excluding hydrogens is 269 g/mol. The minimum Gasteiger partial charge on any atom is -0.317 e. The lowest BCUT2D eigenvalue weighted by molar-refractivity contribution is -0.250. The Kier molecular flexibility index (Phi) is 6.41. The summed E-state index contributed by atoms with van der Waals surface area (Å²) in [5, 5.41) is -2.08. The van der Waals surface area contributed by atoms with E-state index in [1.54, 1.807) is 0 Å². The minimum absolute atomic E-state index is 0.151. The number of ether oxygens (including phenoxy) is 1. The molecule has 0 N–H and O–H groups in total. The third-order valence-electron chi connectivity index (χ3n) is 1.08. The molecule has 0 spiro atoms. The molecule has 1 nitrogen and oxygen atoms in total. The maximum atomic E-state index is 12.4. The highest BCUT2D eigenvalue weighted by Gasteiger charge is 2.39. The van der Waals surface area contributed by atoms with Crippen LogP contribution in [0.25, 0.3) is 0 Å². The van der Waals surface area contributed by atoms with Crippen molar-refractivity contribution < 1.29 is 17.9 Å². The number of halogens is 4. The van der Waals surface area contributed by atoms with Crippen molar-refractivity contribution in [1.82, 2.24) is 0 Å². The van der Waals surface area contributed by atoms with Gasteiger partial charge in [0, 0.05) is 5.75 Å². The molecule has 0 aromatic heterocycles. The van der Waals surface area contributed by atoms with E-state index in [4.69, 9.17) is 0 Å². The molecule has 1 unspecified atom stereocenters. The van der Waals surface area contributed by atoms with Crippen molar-refractivity contribution in [3.05, 3.63) is 0 Å². The van der Waals surface area contributed by atoms with Crippen LogP contribution in [-0.2, 0) is 4.74 Å². The van der Waals surface area contributed by atoms with Gasteiger partial charge in [-0.3, -0.25) is 0 Å². The van der Waals surface area contributed by atoms with Crippen molar-refractivity contribution in [2.75, 3.05) is 12.4 Å². The summed E-state index contributed by atoms with van der Waals surface area (Å²) < 4.78 is 41.0. The Morgan fingerprint density at radius 3 is 2.38 bits per heavy atom. The molecule has 0 saturated carbocycles. The van der Waals surface area contributed by atoms with Gasteiger partial charge in [-0.05, 0) is 21.2 Å². The van der Waals surface area contributed by atoms with Gasteiger partial charge < -0.3 is 4.74 Å². The molecule has 0 aromatic carbocycles. The molecule has 6 heteroatoms. The highest BCUT2D eigenvalue weighted by atomic mass is 79.9. The van der Waals surface area contributed by atoms with Gasteiger partial charge in [-0.25, -0.2) is 4.39 Å². The van der Waals surface area contributed by atoms with Crippen LogP contribution in [0.2, 0.25) is 0 Å². The molecule has 80 valence electrons. The lowest BCUT2D eigenvalue weighted by atomic mass is 10.6. The summed E-state index contributed by atoms with van der Waals surface area (Å²) in [7, 11) is 0. The molecule has 0 fully saturated rings. The zero-order valence-corrected chi connectivity index (χ0v) is 9.80. The number of rotatable bonds is 6. The summed E-state index contributed by atoms with van der Waals surface area (Å²) in [6.07, 6.45) is -3.72. The van der Waals surface area contributed by atoms with Crippen molar-refractivity contribution in [1.29, 1.82) is 0 Å². The summed E-state index contributed by atoms with van der Waals surface area (Å²) in [4.78, 5) is 0. The molecule has 0 heterocycles. The molecule has 0 aliphatic heterocycles. The van der Waals surface area contributed by atoms with E-state index in [2.05, 4.69) is 20.7 Å². The highest BCUT2D eigenvalue weighted by molar-refractivity contribution is 9.09. The van der Waals surface area contributed by atoms with Gasteiger partial charge in [-0.15, -0.1) is 0 Å². The third kappa shape index (κ3) is 6.62. The smallest absolute Gasteiger partial charge is 0.317 e. The van der Waals surface area contributed by atoms with Gasteiger partial charge in [0.05, 0.1) is 6.61 Å². The Morgan fingerprint density at radius 2 is 2.00 bits per heavy atom. The van der Waals surface area contributed by atoms with Gasteiger partial charge in [-0.1, -0.05) is 13.8 Å². The van der Waals surface area contributed by atoms with Crippen LogP contribution in [-0.4, -0.2) is 28.8 Å². The SMILES string of the molecule is CC(C)SCCOC(F)(F)C(F)Br. The van der Waals surface area contributed by atoms with E-state index in [0.29, 0.717) is 11.0 Å². The van der Waals surface area contributed by atoms with Crippen LogP contribution in [0, 0.1) is 0 Å². The van der Waals surface area contributed by atoms with Crippen LogP contribution < -0.4 is 0 Å². The van der Waals surface area contributed by atoms with Crippen molar-refractivity contribution >= 4 is 27.7 Å². The molecule has 0 aliphatic carbocycles. The second-order valence-corrected chi connectivity index (χ2v) is 5.12. The fourth-order valence-electron chi connectivity index (χ4n) is 0.525. The lowest BCUT2D eigenvalue weighted by Gasteiger charge is -2.16. The first-order valence-corrected chi connectivity index (χ1v) is 5.74. The first kappa shape index (κ1) is 13.6. The topological polar surface area (TPSA) is 9.23 Å². The Morgan fingerprint density at radius 1 is 1.46 bits per heavy atom. The second-order valence-electron chi connectivity index (χ2n) is 2.63. The van der Waals surface area contributed by atoms with E-state index >= 15 is 0 Å². The molecule has 0 aliphatic rings. The molecule has 0 radical (unpaired) electrons. The van der Waals surface area contributed by atoms with Gasteiger partial charge in [0.2, 0.25) is 5.08 Å². The average molecular weight is 281 g/mol. The second kappa shape index (κ2) is 6.14. The fraction of sp³-hybridized carbons (Fsp3) is 1.00. The van der Waals surface area contributed by atoms with E-state index in [1.807, 2.05) is 13.8 Å². The lowest BCUT2D eigenvalue weighted by Crippen LogP contribution is -2.30. The first-order chi connectivity index (χ1) is 5.86. The molecule has 1 atom stereocenters. The van der Waals surface area contributed by atoms with Gasteiger partial charge in [0.25, 0.3) is 0 Å². The molecular formula is C7H12BrF3OS. The van der Waals surface area contributed by atoms with E-state index in [-0.39, 0.29) is 6.61 Å². The summed E-state index contributed by atoms with van der Waals surface area (Å²) in [5.74, 6) is 0.437. The van der Waals surface area contributed by atoms with Crippen molar-refractivity contribution in [2.24, 2.45) is 0 Å². The summed E-state index contributed by atoms with van der Waals surface area (Å²) in [6, 6.07) is 0. The molecule has 0 saturated heterocycles. The molecule has 0 aromatic rings. The Bertz CT molecular complexity index is 144. The number of hydrogen-bond acceptors (Lipinski definition) is 2. The molecule has 0 rings (SSSR count). The van der Waals surface area contributed by atoms with E-state index < -0.39 is 11.2 Å². The van der Waals surface area contributed by atoms with Crippen molar-refractivity contribution in [2.45, 2.75) is 30.3 Å². The zero-order valence-electron chi connectivity index (χ0n) is 7.40. The van der Waals surface area contributed by atoms with E-state index in [9.17, 15) is 13.2 Å². The minimum atomic E-state index is -3.72. The van der Waals surface area contributed by atoms with Crippen LogP contribution in [0.3, 0.4) is 0 Å². The maximum Gasteiger partial charge on any atom is 0.396 e. The van der Waals surface area contributed by atoms with Gasteiger partial charge in [-0.2, -0.15) is 20.5 Å². The van der Waals surface area contributed by atoms with Crippen LogP contribution >= 0.6 is 27.7 Å². The fourth-order valence-corrected chi connectivity index (χ4v) is 1.31. The molecule has 13 heavy (non-hydrogen) atoms. The number of hydrogen-bond donors (Lipinski definition) is 0. The van der Waals surface area contributed by atoms with E-state index in [1.165, 1.54) is 11.8 Å². The number of thioether (sulfide) groups is 1. The summed E-state index contributed by atoms with van der Waals surface area (Å²) in [6.45, 7) is 3.75. The monoisotopic (exact) mass is 280 g/mol. The standard InChI is InChI=1S/C7H12BrF3OS/c1-5(2)13-4-3-12-7(10,11)6(8)9/h5-6H,3-4H2,1-2H3. The van der Waals surface area contributed by atoms with Gasteiger partial charge >= 0.3 is 6.11 Å². The highest BCUT2D eigenvalue weighted by Crippen LogP contribution is 2.27. The predicted molar refractivity (Wildman–Crippen MR) is 52.3 cm³/mol. The maximum absolute atomic E-state index is 12.4. The Hall–Kier alpha value is 0.580. The molecule has 0 amide bonds. The van der Waals surface area contributed by atoms with Gasteiger partial charge in [0.1, 0.15) is 0 Å². The zero-order chi connectivity index (χ0) is 10.5. The van der Waals surface area contributed by atoms with Crippen LogP contribution in [0.5, 0.6) is 0 Å². The van der Waals surface area contributed by atoms with E-state index in [0.717, 1.165) is 0 Å². The van der Waals surface area contributed by atoms with Crippen LogP contribution in [0.4, 0.5) is 13.2 Å². The van der Waals surface area contributed by atoms with Gasteiger partial charge in [0.15, 0.2) is 0 Å². The average Bonchev–Trinajstić information content (AvgIpc) is 1.97. The van der Waals surface area contributed by atoms with Crippen molar-refractivity contribution in [3.8, 4) is 0 Å². The Labute approximate surface area is 88.5 Å². The summed E-state index contributed by atoms with van der Waals surface area (Å²) in [5.41, 5.74) is 0. The normalized spacial score (nSPS) is 15.0.